The van der Waals surface area contributed by atoms with Gasteiger partial charge in [0.25, 0.3) is 5.69 Å². The van der Waals surface area contributed by atoms with Crippen molar-refractivity contribution >= 4 is 17.5 Å². The average Bonchev–Trinajstić information content (AvgIpc) is 2.73. The van der Waals surface area contributed by atoms with Crippen LogP contribution < -0.4 is 15.8 Å². The van der Waals surface area contributed by atoms with Crippen LogP contribution in [0.15, 0.2) is 36.7 Å². The third-order valence-corrected chi connectivity index (χ3v) is 5.20. The molecule has 3 rings (SSSR count). The Morgan fingerprint density at radius 3 is 2.56 bits per heavy atom. The third-order valence-electron chi connectivity index (χ3n) is 5.20. The van der Waals surface area contributed by atoms with Crippen LogP contribution in [-0.4, -0.2) is 69.0 Å². The van der Waals surface area contributed by atoms with E-state index in [1.54, 1.807) is 11.9 Å². The van der Waals surface area contributed by atoms with E-state index in [9.17, 15) is 14.9 Å². The van der Waals surface area contributed by atoms with Gasteiger partial charge in [0, 0.05) is 56.5 Å². The summed E-state index contributed by atoms with van der Waals surface area (Å²) in [5.41, 5.74) is 5.84. The highest BCUT2D eigenvalue weighted by Gasteiger charge is 2.27. The molecule has 0 aliphatic carbocycles. The second-order valence-corrected chi connectivity index (χ2v) is 8.63. The second kappa shape index (κ2) is 9.88. The first kappa shape index (κ1) is 23.4. The fourth-order valence-electron chi connectivity index (χ4n) is 3.62. The first-order valence-corrected chi connectivity index (χ1v) is 10.4. The van der Waals surface area contributed by atoms with Gasteiger partial charge in [0.05, 0.1) is 4.92 Å². The van der Waals surface area contributed by atoms with Crippen LogP contribution in [0, 0.1) is 10.1 Å². The maximum Gasteiger partial charge on any atom is 0.323 e. The van der Waals surface area contributed by atoms with Crippen molar-refractivity contribution in [3.8, 4) is 11.6 Å². The molecule has 0 radical (unpaired) electrons. The Labute approximate surface area is 186 Å². The van der Waals surface area contributed by atoms with Crippen LogP contribution in [-0.2, 0) is 0 Å². The molecule has 1 aliphatic heterocycles. The van der Waals surface area contributed by atoms with Crippen LogP contribution in [0.3, 0.4) is 0 Å². The maximum absolute atomic E-state index is 12.7. The molecular formula is C21H29N7O4. The quantitative estimate of drug-likeness (QED) is 0.492. The number of carbonyl (C=O) groups is 1. The zero-order valence-electron chi connectivity index (χ0n) is 18.5. The fourth-order valence-corrected chi connectivity index (χ4v) is 3.62. The highest BCUT2D eigenvalue weighted by atomic mass is 16.6. The van der Waals surface area contributed by atoms with Crippen molar-refractivity contribution in [2.24, 2.45) is 5.73 Å². The average molecular weight is 444 g/mol. The molecule has 1 aromatic carbocycles. The lowest BCUT2D eigenvalue weighted by atomic mass is 10.0. The first-order valence-electron chi connectivity index (χ1n) is 10.4. The van der Waals surface area contributed by atoms with Crippen molar-refractivity contribution in [3.63, 3.8) is 0 Å². The summed E-state index contributed by atoms with van der Waals surface area (Å²) >= 11 is 0. The molecule has 3 N–H and O–H groups in total. The van der Waals surface area contributed by atoms with Crippen molar-refractivity contribution in [1.82, 2.24) is 19.8 Å². The van der Waals surface area contributed by atoms with Crippen molar-refractivity contribution in [3.05, 3.63) is 46.8 Å². The number of nitrogens with one attached hydrogen (secondary N) is 1. The van der Waals surface area contributed by atoms with E-state index in [1.807, 2.05) is 13.8 Å². The number of ether oxygens (including phenoxy) is 1. The van der Waals surface area contributed by atoms with Crippen molar-refractivity contribution < 1.29 is 14.5 Å². The predicted octanol–water partition coefficient (Wildman–Crippen LogP) is 2.84. The van der Waals surface area contributed by atoms with Gasteiger partial charge in [-0.15, -0.1) is 0 Å². The van der Waals surface area contributed by atoms with Crippen LogP contribution in [0.1, 0.15) is 26.7 Å². The van der Waals surface area contributed by atoms with Gasteiger partial charge < -0.3 is 20.3 Å². The van der Waals surface area contributed by atoms with Gasteiger partial charge >= 0.3 is 6.03 Å². The Morgan fingerprint density at radius 1 is 1.31 bits per heavy atom. The number of hydrogen-bond acceptors (Lipinski definition) is 8. The van der Waals surface area contributed by atoms with Crippen molar-refractivity contribution in [2.45, 2.75) is 38.3 Å². The zero-order valence-corrected chi connectivity index (χ0v) is 18.5. The first-order chi connectivity index (χ1) is 15.1. The summed E-state index contributed by atoms with van der Waals surface area (Å²) in [6.45, 7) is 6.64. The Balaban J connectivity index is 1.54. The summed E-state index contributed by atoms with van der Waals surface area (Å²) in [7, 11) is 1.78. The number of carbonyl (C=O) groups excluding carboxylic acids is 1. The molecule has 2 amide bonds. The molecule has 2 heterocycles. The number of urea groups is 1. The minimum Gasteiger partial charge on any atom is -0.439 e. The van der Waals surface area contributed by atoms with E-state index in [0.29, 0.717) is 11.6 Å². The molecule has 1 fully saturated rings. The number of amides is 2. The maximum atomic E-state index is 12.7. The van der Waals surface area contributed by atoms with Crippen LogP contribution in [0.2, 0.25) is 0 Å². The highest BCUT2D eigenvalue weighted by molar-refractivity contribution is 5.88. The molecule has 2 aromatic rings. The number of nitro benzene ring substituents is 1. The monoisotopic (exact) mass is 443 g/mol. The van der Waals surface area contributed by atoms with Crippen LogP contribution in [0.5, 0.6) is 11.6 Å². The molecular weight excluding hydrogens is 414 g/mol. The number of piperidine rings is 1. The molecule has 1 aliphatic rings. The fraction of sp³-hybridized carbons (Fsp3) is 0.476. The van der Waals surface area contributed by atoms with Crippen LogP contribution in [0.25, 0.3) is 0 Å². The van der Waals surface area contributed by atoms with Crippen LogP contribution in [0.4, 0.5) is 16.3 Å². The Bertz CT molecular complexity index is 938. The van der Waals surface area contributed by atoms with Crippen molar-refractivity contribution in [2.75, 3.05) is 32.0 Å². The van der Waals surface area contributed by atoms with Gasteiger partial charge in [-0.25, -0.2) is 14.8 Å². The van der Waals surface area contributed by atoms with E-state index in [1.165, 1.54) is 36.7 Å². The summed E-state index contributed by atoms with van der Waals surface area (Å²) in [4.78, 5) is 35.1. The van der Waals surface area contributed by atoms with Crippen LogP contribution >= 0.6 is 0 Å². The molecule has 0 unspecified atom stereocenters. The van der Waals surface area contributed by atoms with E-state index in [4.69, 9.17) is 10.5 Å². The number of benzene rings is 1. The summed E-state index contributed by atoms with van der Waals surface area (Å²) in [5.74, 6) is 0.900. The molecule has 11 nitrogen and oxygen atoms in total. The lowest BCUT2D eigenvalue weighted by Gasteiger charge is -2.38. The Hall–Kier alpha value is -3.31. The Morgan fingerprint density at radius 2 is 1.97 bits per heavy atom. The Kier molecular flexibility index (Phi) is 7.21. The summed E-state index contributed by atoms with van der Waals surface area (Å²) < 4.78 is 5.61. The number of aromatic nitrogens is 2. The number of nitrogens with zero attached hydrogens (tertiary/aromatic N) is 5. The number of rotatable bonds is 7. The number of non-ortho nitro benzene ring substituents is 1. The van der Waals surface area contributed by atoms with Gasteiger partial charge in [-0.05, 0) is 38.8 Å². The normalized spacial score (nSPS) is 15.2. The lowest BCUT2D eigenvalue weighted by Crippen LogP contribution is -2.51. The van der Waals surface area contributed by atoms with Gasteiger partial charge in [-0.3, -0.25) is 15.4 Å². The molecule has 1 saturated heterocycles. The number of likely N-dealkylation sites (tertiary alicyclic amines) is 1. The molecule has 1 aromatic heterocycles. The van der Waals surface area contributed by atoms with E-state index < -0.39 is 4.92 Å². The topological polar surface area (TPSA) is 140 Å². The summed E-state index contributed by atoms with van der Waals surface area (Å²) in [6.07, 6.45) is 3.03. The molecule has 0 bridgehead atoms. The van der Waals surface area contributed by atoms with E-state index in [2.05, 4.69) is 20.2 Å². The minimum atomic E-state index is -0.485. The molecule has 32 heavy (non-hydrogen) atoms. The molecule has 0 spiro atoms. The second-order valence-electron chi connectivity index (χ2n) is 8.63. The standard InChI is InChI=1S/C21H29N7O4/c1-21(2,22)13-27-10-8-15(9-11-27)26(3)20(29)25-18-12-19(24-14-23-18)32-17-6-4-16(5-7-17)28(30)31/h4-7,12,14-15H,8-11,13,22H2,1-3H3,(H,23,24,25,29). The van der Waals surface area contributed by atoms with E-state index in [0.717, 1.165) is 32.5 Å². The SMILES string of the molecule is CN(C(=O)Nc1cc(Oc2ccc([N+](=O)[O-])cc2)ncn1)C1CCN(CC(C)(C)N)CC1. The number of hydrogen-bond donors (Lipinski definition) is 2. The summed E-state index contributed by atoms with van der Waals surface area (Å²) in [6, 6.07) is 7.00. The van der Waals surface area contributed by atoms with Gasteiger partial charge in [0.1, 0.15) is 17.9 Å². The smallest absolute Gasteiger partial charge is 0.323 e. The van der Waals surface area contributed by atoms with Gasteiger partial charge in [0.2, 0.25) is 5.88 Å². The van der Waals surface area contributed by atoms with Gasteiger partial charge in [-0.1, -0.05) is 0 Å². The van der Waals surface area contributed by atoms with E-state index in [-0.39, 0.29) is 29.2 Å². The minimum absolute atomic E-state index is 0.0337. The molecule has 0 atom stereocenters. The molecule has 0 saturated carbocycles. The van der Waals surface area contributed by atoms with E-state index >= 15 is 0 Å². The third kappa shape index (κ3) is 6.59. The van der Waals surface area contributed by atoms with Crippen molar-refractivity contribution in [1.29, 1.82) is 0 Å². The van der Waals surface area contributed by atoms with Gasteiger partial charge in [0.15, 0.2) is 0 Å². The highest BCUT2D eigenvalue weighted by Crippen LogP contribution is 2.24. The number of anilines is 1. The molecule has 172 valence electrons. The molecule has 11 heteroatoms. The predicted molar refractivity (Wildman–Crippen MR) is 120 cm³/mol. The number of nitro groups is 1. The summed E-state index contributed by atoms with van der Waals surface area (Å²) in [5, 5.41) is 13.5. The number of nitrogens with two attached hydrogens (primary N) is 1. The zero-order chi connectivity index (χ0) is 23.3. The lowest BCUT2D eigenvalue weighted by molar-refractivity contribution is -0.384. The largest absolute Gasteiger partial charge is 0.439 e. The van der Waals surface area contributed by atoms with Gasteiger partial charge in [-0.2, -0.15) is 0 Å².